The predicted octanol–water partition coefficient (Wildman–Crippen LogP) is 1.86. The number of ether oxygens (including phenoxy) is 1. The first kappa shape index (κ1) is 15.4. The van der Waals surface area contributed by atoms with Crippen molar-refractivity contribution in [1.82, 2.24) is 20.0 Å². The second-order valence-corrected chi connectivity index (χ2v) is 4.92. The molecule has 23 heavy (non-hydrogen) atoms. The third-order valence-electron chi connectivity index (χ3n) is 3.08. The summed E-state index contributed by atoms with van der Waals surface area (Å²) in [4.78, 5) is 12.0. The number of aromatic nitrogens is 4. The fourth-order valence-electron chi connectivity index (χ4n) is 1.99. The Labute approximate surface area is 133 Å². The minimum absolute atomic E-state index is 0.0741. The predicted molar refractivity (Wildman–Crippen MR) is 75.9 cm³/mol. The van der Waals surface area contributed by atoms with Crippen molar-refractivity contribution in [2.75, 3.05) is 13.7 Å². The molecule has 0 saturated heterocycles. The van der Waals surface area contributed by atoms with Crippen LogP contribution in [0.15, 0.2) is 32.1 Å². The van der Waals surface area contributed by atoms with Gasteiger partial charge in [0.15, 0.2) is 5.69 Å². The van der Waals surface area contributed by atoms with Gasteiger partial charge in [0.25, 0.3) is 0 Å². The fourth-order valence-corrected chi connectivity index (χ4v) is 2.17. The molecule has 0 atom stereocenters. The van der Waals surface area contributed by atoms with E-state index in [4.69, 9.17) is 21.0 Å². The summed E-state index contributed by atoms with van der Waals surface area (Å²) in [7, 11) is 1.54. The zero-order valence-electron chi connectivity index (χ0n) is 11.8. The zero-order chi connectivity index (χ0) is 16.4. The quantitative estimate of drug-likeness (QED) is 0.699. The monoisotopic (exact) mass is 340 g/mol. The van der Waals surface area contributed by atoms with E-state index in [9.17, 15) is 9.18 Å². The van der Waals surface area contributed by atoms with Crippen LogP contribution < -0.4 is 5.76 Å². The van der Waals surface area contributed by atoms with E-state index < -0.39 is 11.6 Å². The number of rotatable bonds is 5. The van der Waals surface area contributed by atoms with Crippen molar-refractivity contribution in [1.29, 1.82) is 0 Å². The van der Waals surface area contributed by atoms with Crippen LogP contribution in [0.5, 0.6) is 0 Å². The number of hydrogen-bond acceptors (Lipinski definition) is 7. The molecule has 10 heteroatoms. The summed E-state index contributed by atoms with van der Waals surface area (Å²) in [6.45, 7) is 0.381. The second-order valence-electron chi connectivity index (χ2n) is 4.51. The number of hydrogen-bond donors (Lipinski definition) is 0. The zero-order valence-corrected chi connectivity index (χ0v) is 12.6. The van der Waals surface area contributed by atoms with Crippen molar-refractivity contribution >= 4 is 11.6 Å². The summed E-state index contributed by atoms with van der Waals surface area (Å²) in [6.07, 6.45) is 0.403. The Hall–Kier alpha value is -2.52. The topological polar surface area (TPSA) is 96.2 Å². The van der Waals surface area contributed by atoms with Gasteiger partial charge in [-0.25, -0.2) is 18.4 Å². The molecule has 3 rings (SSSR count). The molecular weight excluding hydrogens is 331 g/mol. The SMILES string of the molecule is COCCc1nonc1-c1noc(=O)n1-c1ccc(F)c(Cl)c1. The molecule has 0 bridgehead atoms. The summed E-state index contributed by atoms with van der Waals surface area (Å²) in [5.41, 5.74) is 0.953. The highest BCUT2D eigenvalue weighted by atomic mass is 35.5. The van der Waals surface area contributed by atoms with Crippen molar-refractivity contribution in [2.45, 2.75) is 6.42 Å². The smallest absolute Gasteiger partial charge is 0.384 e. The van der Waals surface area contributed by atoms with Crippen molar-refractivity contribution in [3.63, 3.8) is 0 Å². The van der Waals surface area contributed by atoms with E-state index in [0.717, 1.165) is 10.6 Å². The van der Waals surface area contributed by atoms with Gasteiger partial charge in [-0.2, -0.15) is 0 Å². The highest BCUT2D eigenvalue weighted by Gasteiger charge is 2.22. The molecule has 0 unspecified atom stereocenters. The fraction of sp³-hybridized carbons (Fsp3) is 0.231. The van der Waals surface area contributed by atoms with Gasteiger partial charge < -0.3 is 4.74 Å². The molecular formula is C13H10ClFN4O4. The molecule has 0 radical (unpaired) electrons. The molecule has 0 aliphatic carbocycles. The minimum Gasteiger partial charge on any atom is -0.384 e. The molecule has 0 fully saturated rings. The summed E-state index contributed by atoms with van der Waals surface area (Å²) in [5.74, 6) is -1.31. The lowest BCUT2D eigenvalue weighted by Gasteiger charge is -2.04. The Morgan fingerprint density at radius 2 is 2.17 bits per heavy atom. The Morgan fingerprint density at radius 3 is 2.91 bits per heavy atom. The molecule has 0 aliphatic heterocycles. The summed E-state index contributed by atoms with van der Waals surface area (Å²) in [6, 6.07) is 3.78. The maximum Gasteiger partial charge on any atom is 0.446 e. The first-order valence-corrected chi connectivity index (χ1v) is 6.84. The molecule has 0 aliphatic rings. The summed E-state index contributed by atoms with van der Waals surface area (Å²) >= 11 is 5.76. The highest BCUT2D eigenvalue weighted by Crippen LogP contribution is 2.23. The third kappa shape index (κ3) is 2.88. The summed E-state index contributed by atoms with van der Waals surface area (Å²) < 4.78 is 28.8. The molecule has 0 spiro atoms. The molecule has 2 aromatic heterocycles. The first-order valence-electron chi connectivity index (χ1n) is 6.46. The largest absolute Gasteiger partial charge is 0.446 e. The van der Waals surface area contributed by atoms with E-state index in [-0.39, 0.29) is 22.2 Å². The summed E-state index contributed by atoms with van der Waals surface area (Å²) in [5, 5.41) is 11.1. The van der Waals surface area contributed by atoms with E-state index in [2.05, 4.69) is 20.0 Å². The van der Waals surface area contributed by atoms with Crippen LogP contribution in [-0.4, -0.2) is 33.8 Å². The van der Waals surface area contributed by atoms with Crippen LogP contribution in [0.4, 0.5) is 4.39 Å². The van der Waals surface area contributed by atoms with Crippen LogP contribution in [0.1, 0.15) is 5.69 Å². The molecule has 0 saturated carbocycles. The van der Waals surface area contributed by atoms with E-state index >= 15 is 0 Å². The minimum atomic E-state index is -0.775. The first-order chi connectivity index (χ1) is 11.1. The van der Waals surface area contributed by atoms with E-state index in [1.165, 1.54) is 12.1 Å². The maximum atomic E-state index is 13.3. The Bertz CT molecular complexity index is 888. The average Bonchev–Trinajstić information content (AvgIpc) is 3.14. The van der Waals surface area contributed by atoms with Gasteiger partial charge in [0.1, 0.15) is 11.5 Å². The average molecular weight is 341 g/mol. The molecule has 2 heterocycles. The Kier molecular flexibility index (Phi) is 4.22. The third-order valence-corrected chi connectivity index (χ3v) is 3.37. The van der Waals surface area contributed by atoms with Gasteiger partial charge in [-0.05, 0) is 23.4 Å². The standard InChI is InChI=1S/C13H10ClFN4O4/c1-21-5-4-10-11(17-23-16-10)12-18-22-13(20)19(12)7-2-3-9(15)8(14)6-7/h2-3,6H,4-5H2,1H3. The van der Waals surface area contributed by atoms with Gasteiger partial charge in [-0.3, -0.25) is 4.52 Å². The van der Waals surface area contributed by atoms with Crippen molar-refractivity contribution in [3.8, 4) is 17.2 Å². The Balaban J connectivity index is 2.11. The van der Waals surface area contributed by atoms with Gasteiger partial charge in [0.2, 0.25) is 5.82 Å². The van der Waals surface area contributed by atoms with Gasteiger partial charge >= 0.3 is 5.76 Å². The molecule has 1 aromatic carbocycles. The molecule has 3 aromatic rings. The molecule has 0 N–H and O–H groups in total. The van der Waals surface area contributed by atoms with Gasteiger partial charge in [-0.15, -0.1) is 0 Å². The number of halogens is 2. The lowest BCUT2D eigenvalue weighted by Crippen LogP contribution is -2.14. The molecule has 8 nitrogen and oxygen atoms in total. The van der Waals surface area contributed by atoms with Crippen LogP contribution >= 0.6 is 11.6 Å². The van der Waals surface area contributed by atoms with Crippen LogP contribution in [0.2, 0.25) is 5.02 Å². The molecule has 0 amide bonds. The van der Waals surface area contributed by atoms with Crippen LogP contribution in [-0.2, 0) is 11.2 Å². The van der Waals surface area contributed by atoms with Crippen molar-refractivity contribution in [3.05, 3.63) is 45.3 Å². The lowest BCUT2D eigenvalue weighted by atomic mass is 10.2. The number of benzene rings is 1. The van der Waals surface area contributed by atoms with E-state index in [1.54, 1.807) is 7.11 Å². The second kappa shape index (κ2) is 6.31. The number of methoxy groups -OCH3 is 1. The molecule has 120 valence electrons. The van der Waals surface area contributed by atoms with Crippen LogP contribution in [0.3, 0.4) is 0 Å². The van der Waals surface area contributed by atoms with Gasteiger partial charge in [0, 0.05) is 13.5 Å². The highest BCUT2D eigenvalue weighted by molar-refractivity contribution is 6.30. The maximum absolute atomic E-state index is 13.3. The Morgan fingerprint density at radius 1 is 1.35 bits per heavy atom. The van der Waals surface area contributed by atoms with Gasteiger partial charge in [-0.1, -0.05) is 21.9 Å². The van der Waals surface area contributed by atoms with Crippen molar-refractivity contribution < 1.29 is 18.3 Å². The lowest BCUT2D eigenvalue weighted by molar-refractivity contribution is 0.199. The van der Waals surface area contributed by atoms with E-state index in [0.29, 0.717) is 18.7 Å². The normalized spacial score (nSPS) is 11.1. The number of nitrogens with zero attached hydrogens (tertiary/aromatic N) is 4. The van der Waals surface area contributed by atoms with Crippen molar-refractivity contribution in [2.24, 2.45) is 0 Å². The van der Waals surface area contributed by atoms with E-state index in [1.807, 2.05) is 0 Å². The van der Waals surface area contributed by atoms with Crippen LogP contribution in [0.25, 0.3) is 17.2 Å². The van der Waals surface area contributed by atoms with Gasteiger partial charge in [0.05, 0.1) is 17.3 Å². The van der Waals surface area contributed by atoms with Crippen LogP contribution in [0, 0.1) is 5.82 Å².